The average molecular weight is 283 g/mol. The van der Waals surface area contributed by atoms with Gasteiger partial charge in [-0.2, -0.15) is 0 Å². The standard InChI is InChI=1S/C13H15ClN2OS/c14-8-1-6-11-12(7-8)16(13(18)15-11)9-2-4-10(17)5-3-9/h1,6-7,9-10,17H,2-5H2,(H,15,18). The predicted octanol–water partition coefficient (Wildman–Crippen LogP) is 3.83. The van der Waals surface area contributed by atoms with Crippen LogP contribution >= 0.6 is 23.8 Å². The number of rotatable bonds is 1. The normalized spacial score (nSPS) is 24.6. The molecule has 1 heterocycles. The molecule has 0 atom stereocenters. The molecule has 0 spiro atoms. The Morgan fingerprint density at radius 2 is 2.00 bits per heavy atom. The molecule has 0 unspecified atom stereocenters. The van der Waals surface area contributed by atoms with Gasteiger partial charge >= 0.3 is 0 Å². The maximum atomic E-state index is 9.59. The highest BCUT2D eigenvalue weighted by Gasteiger charge is 2.22. The summed E-state index contributed by atoms with van der Waals surface area (Å²) in [5, 5.41) is 10.3. The molecule has 0 radical (unpaired) electrons. The molecule has 1 aliphatic rings. The zero-order valence-corrected chi connectivity index (χ0v) is 11.5. The molecule has 1 aromatic carbocycles. The number of fused-ring (bicyclic) bond motifs is 1. The van der Waals surface area contributed by atoms with E-state index >= 15 is 0 Å². The minimum atomic E-state index is -0.149. The van der Waals surface area contributed by atoms with Crippen molar-refractivity contribution in [2.24, 2.45) is 0 Å². The van der Waals surface area contributed by atoms with Gasteiger partial charge < -0.3 is 14.7 Å². The van der Waals surface area contributed by atoms with Gasteiger partial charge in [-0.05, 0) is 56.1 Å². The molecule has 1 fully saturated rings. The molecule has 0 saturated heterocycles. The molecule has 1 aromatic heterocycles. The summed E-state index contributed by atoms with van der Waals surface area (Å²) in [7, 11) is 0. The second-order valence-electron chi connectivity index (χ2n) is 4.92. The summed E-state index contributed by atoms with van der Waals surface area (Å²) in [5.41, 5.74) is 2.09. The summed E-state index contributed by atoms with van der Waals surface area (Å²) in [4.78, 5) is 3.22. The van der Waals surface area contributed by atoms with Gasteiger partial charge in [0.15, 0.2) is 4.77 Å². The van der Waals surface area contributed by atoms with Crippen LogP contribution in [0.15, 0.2) is 18.2 Å². The van der Waals surface area contributed by atoms with Gasteiger partial charge in [0, 0.05) is 11.1 Å². The monoisotopic (exact) mass is 282 g/mol. The minimum Gasteiger partial charge on any atom is -0.393 e. The highest BCUT2D eigenvalue weighted by Crippen LogP contribution is 2.32. The maximum absolute atomic E-state index is 9.59. The molecule has 96 valence electrons. The van der Waals surface area contributed by atoms with E-state index in [1.165, 1.54) is 0 Å². The van der Waals surface area contributed by atoms with Crippen molar-refractivity contribution in [2.45, 2.75) is 37.8 Å². The van der Waals surface area contributed by atoms with Crippen molar-refractivity contribution in [1.29, 1.82) is 0 Å². The molecule has 5 heteroatoms. The van der Waals surface area contributed by atoms with Crippen LogP contribution in [0.4, 0.5) is 0 Å². The number of benzene rings is 1. The van der Waals surface area contributed by atoms with Gasteiger partial charge in [-0.1, -0.05) is 11.6 Å². The number of H-pyrrole nitrogens is 1. The van der Waals surface area contributed by atoms with Gasteiger partial charge in [0.1, 0.15) is 0 Å². The van der Waals surface area contributed by atoms with Crippen LogP contribution in [0.1, 0.15) is 31.7 Å². The molecule has 3 nitrogen and oxygen atoms in total. The Balaban J connectivity index is 2.08. The molecule has 18 heavy (non-hydrogen) atoms. The Kier molecular flexibility index (Phi) is 3.18. The Labute approximate surface area is 115 Å². The number of aliphatic hydroxyl groups excluding tert-OH is 1. The van der Waals surface area contributed by atoms with E-state index in [0.29, 0.717) is 6.04 Å². The summed E-state index contributed by atoms with van der Waals surface area (Å²) >= 11 is 11.5. The SMILES string of the molecule is OC1CCC(n2c(=S)[nH]c3ccc(Cl)cc32)CC1. The Morgan fingerprint density at radius 1 is 1.28 bits per heavy atom. The van der Waals surface area contributed by atoms with Gasteiger partial charge in [-0.15, -0.1) is 0 Å². The molecule has 2 aromatic rings. The van der Waals surface area contributed by atoms with Crippen LogP contribution in [-0.4, -0.2) is 20.8 Å². The number of halogens is 1. The van der Waals surface area contributed by atoms with Crippen LogP contribution in [0.2, 0.25) is 5.02 Å². The molecule has 0 bridgehead atoms. The van der Waals surface area contributed by atoms with Gasteiger partial charge in [0.05, 0.1) is 17.1 Å². The molecule has 0 amide bonds. The smallest absolute Gasteiger partial charge is 0.178 e. The number of aromatic nitrogens is 2. The van der Waals surface area contributed by atoms with Crippen molar-refractivity contribution in [3.63, 3.8) is 0 Å². The zero-order valence-electron chi connectivity index (χ0n) is 9.90. The molecule has 0 aliphatic heterocycles. The Hall–Kier alpha value is -0.840. The number of aliphatic hydroxyl groups is 1. The van der Waals surface area contributed by atoms with Crippen molar-refractivity contribution >= 4 is 34.9 Å². The number of hydrogen-bond donors (Lipinski definition) is 2. The largest absolute Gasteiger partial charge is 0.393 e. The Bertz CT molecular complexity index is 625. The third-order valence-corrected chi connectivity index (χ3v) is 4.24. The fourth-order valence-corrected chi connectivity index (χ4v) is 3.30. The summed E-state index contributed by atoms with van der Waals surface area (Å²) in [6.45, 7) is 0. The Morgan fingerprint density at radius 3 is 2.72 bits per heavy atom. The van der Waals surface area contributed by atoms with E-state index in [0.717, 1.165) is 46.5 Å². The predicted molar refractivity (Wildman–Crippen MR) is 75.6 cm³/mol. The molecule has 3 rings (SSSR count). The van der Waals surface area contributed by atoms with Crippen LogP contribution < -0.4 is 0 Å². The molecule has 1 saturated carbocycles. The van der Waals surface area contributed by atoms with Crippen molar-refractivity contribution in [3.8, 4) is 0 Å². The summed E-state index contributed by atoms with van der Waals surface area (Å²) in [6, 6.07) is 6.15. The lowest BCUT2D eigenvalue weighted by Gasteiger charge is -2.27. The van der Waals surface area contributed by atoms with Crippen molar-refractivity contribution in [3.05, 3.63) is 28.0 Å². The minimum absolute atomic E-state index is 0.149. The summed E-state index contributed by atoms with van der Waals surface area (Å²) < 4.78 is 2.90. The second kappa shape index (κ2) is 4.68. The first-order valence-electron chi connectivity index (χ1n) is 6.23. The van der Waals surface area contributed by atoms with Gasteiger partial charge in [-0.3, -0.25) is 0 Å². The van der Waals surface area contributed by atoms with Crippen LogP contribution in [0.3, 0.4) is 0 Å². The number of nitrogens with zero attached hydrogens (tertiary/aromatic N) is 1. The van der Waals surface area contributed by atoms with Gasteiger partial charge in [0.2, 0.25) is 0 Å². The molecule has 1 aliphatic carbocycles. The molecule has 2 N–H and O–H groups in total. The third kappa shape index (κ3) is 2.09. The van der Waals surface area contributed by atoms with Crippen LogP contribution in [0.5, 0.6) is 0 Å². The van der Waals surface area contributed by atoms with E-state index in [1.54, 1.807) is 0 Å². The topological polar surface area (TPSA) is 41.0 Å². The van der Waals surface area contributed by atoms with E-state index in [-0.39, 0.29) is 6.10 Å². The van der Waals surface area contributed by atoms with Gasteiger partial charge in [-0.25, -0.2) is 0 Å². The third-order valence-electron chi connectivity index (χ3n) is 3.71. The quantitative estimate of drug-likeness (QED) is 0.781. The highest BCUT2D eigenvalue weighted by molar-refractivity contribution is 7.71. The first kappa shape index (κ1) is 12.2. The first-order valence-corrected chi connectivity index (χ1v) is 7.01. The lowest BCUT2D eigenvalue weighted by Crippen LogP contribution is -2.21. The van der Waals surface area contributed by atoms with Crippen molar-refractivity contribution in [2.75, 3.05) is 0 Å². The van der Waals surface area contributed by atoms with Crippen molar-refractivity contribution in [1.82, 2.24) is 9.55 Å². The van der Waals surface area contributed by atoms with E-state index in [4.69, 9.17) is 23.8 Å². The fraction of sp³-hybridized carbons (Fsp3) is 0.462. The fourth-order valence-electron chi connectivity index (χ4n) is 2.77. The van der Waals surface area contributed by atoms with E-state index in [9.17, 15) is 5.11 Å². The van der Waals surface area contributed by atoms with Crippen LogP contribution in [0.25, 0.3) is 11.0 Å². The number of nitrogens with one attached hydrogen (secondary N) is 1. The van der Waals surface area contributed by atoms with Crippen LogP contribution in [-0.2, 0) is 0 Å². The zero-order chi connectivity index (χ0) is 12.7. The summed E-state index contributed by atoms with van der Waals surface area (Å²) in [5.74, 6) is 0. The van der Waals surface area contributed by atoms with E-state index < -0.39 is 0 Å². The lowest BCUT2D eigenvalue weighted by molar-refractivity contribution is 0.111. The maximum Gasteiger partial charge on any atom is 0.178 e. The lowest BCUT2D eigenvalue weighted by atomic mass is 9.93. The average Bonchev–Trinajstić information content (AvgIpc) is 2.66. The van der Waals surface area contributed by atoms with Crippen LogP contribution in [0, 0.1) is 4.77 Å². The molecular weight excluding hydrogens is 268 g/mol. The highest BCUT2D eigenvalue weighted by atomic mass is 35.5. The second-order valence-corrected chi connectivity index (χ2v) is 5.75. The number of imidazole rings is 1. The summed E-state index contributed by atoms with van der Waals surface area (Å²) in [6.07, 6.45) is 3.48. The van der Waals surface area contributed by atoms with E-state index in [2.05, 4.69) is 9.55 Å². The van der Waals surface area contributed by atoms with E-state index in [1.807, 2.05) is 18.2 Å². The number of hydrogen-bond acceptors (Lipinski definition) is 2. The van der Waals surface area contributed by atoms with Gasteiger partial charge in [0.25, 0.3) is 0 Å². The van der Waals surface area contributed by atoms with Crippen molar-refractivity contribution < 1.29 is 5.11 Å². The first-order chi connectivity index (χ1) is 8.65. The number of aromatic amines is 1. The molecular formula is C13H15ClN2OS.